The van der Waals surface area contributed by atoms with Gasteiger partial charge in [0.25, 0.3) is 5.91 Å². The molecule has 2 rings (SSSR count). The number of Topliss-reactive ketones (excluding diaryl/α,β-unsaturated/α-hetero) is 1. The molecule has 0 spiro atoms. The first-order valence-corrected chi connectivity index (χ1v) is 8.85. The topological polar surface area (TPSA) is 92.7 Å². The number of carbonyl (C=O) groups excluding carboxylic acids is 3. The number of ketones is 1. The van der Waals surface area contributed by atoms with Gasteiger partial charge >= 0.3 is 5.97 Å². The molecule has 0 aliphatic carbocycles. The van der Waals surface area contributed by atoms with E-state index in [1.54, 1.807) is 33.9 Å². The van der Waals surface area contributed by atoms with E-state index in [4.69, 9.17) is 4.74 Å². The molecule has 1 amide bonds. The summed E-state index contributed by atoms with van der Waals surface area (Å²) in [5.41, 5.74) is 2.12. The molecule has 2 aromatic rings. The third-order valence-corrected chi connectivity index (χ3v) is 4.75. The van der Waals surface area contributed by atoms with Gasteiger partial charge in [-0.25, -0.2) is 9.18 Å². The summed E-state index contributed by atoms with van der Waals surface area (Å²) in [6.45, 7) is 5.11. The Labute approximate surface area is 162 Å². The summed E-state index contributed by atoms with van der Waals surface area (Å²) in [4.78, 5) is 40.6. The van der Waals surface area contributed by atoms with Crippen LogP contribution in [-0.4, -0.2) is 49.4 Å². The van der Waals surface area contributed by atoms with Gasteiger partial charge in [0, 0.05) is 11.4 Å². The first-order chi connectivity index (χ1) is 13.1. The molecule has 1 heterocycles. The van der Waals surface area contributed by atoms with Gasteiger partial charge < -0.3 is 19.9 Å². The van der Waals surface area contributed by atoms with Gasteiger partial charge in [-0.2, -0.15) is 0 Å². The molecule has 1 aromatic heterocycles. The van der Waals surface area contributed by atoms with Gasteiger partial charge in [0.05, 0.1) is 25.4 Å². The van der Waals surface area contributed by atoms with Crippen LogP contribution in [-0.2, 0) is 9.53 Å². The molecular weight excluding hydrogens is 365 g/mol. The van der Waals surface area contributed by atoms with E-state index in [1.807, 2.05) is 0 Å². The molecule has 0 aliphatic rings. The van der Waals surface area contributed by atoms with Crippen molar-refractivity contribution in [3.8, 4) is 0 Å². The summed E-state index contributed by atoms with van der Waals surface area (Å²) < 4.78 is 18.0. The fraction of sp³-hybridized carbons (Fsp3) is 0.350. The number of anilines is 1. The number of methoxy groups -OCH3 is 1. The number of aromatic amines is 1. The van der Waals surface area contributed by atoms with E-state index >= 15 is 0 Å². The predicted octanol–water partition coefficient (Wildman–Crippen LogP) is 1.28. The lowest BCUT2D eigenvalue weighted by atomic mass is 10.0. The van der Waals surface area contributed by atoms with Crippen LogP contribution in [0.2, 0.25) is 0 Å². The van der Waals surface area contributed by atoms with Crippen molar-refractivity contribution < 1.29 is 28.4 Å². The van der Waals surface area contributed by atoms with Crippen LogP contribution in [0.3, 0.4) is 0 Å². The normalized spacial score (nSPS) is 12.9. The maximum atomic E-state index is 13.2. The van der Waals surface area contributed by atoms with E-state index < -0.39 is 17.8 Å². The smallest absolute Gasteiger partial charge is 0.339 e. The summed E-state index contributed by atoms with van der Waals surface area (Å²) in [5, 5.41) is 2.61. The molecule has 150 valence electrons. The Morgan fingerprint density at radius 1 is 1.29 bits per heavy atom. The second-order valence-corrected chi connectivity index (χ2v) is 6.78. The number of amides is 1. The number of ether oxygens (including phenoxy) is 1. The molecule has 0 saturated carbocycles. The number of hydrogen-bond acceptors (Lipinski definition) is 4. The van der Waals surface area contributed by atoms with Crippen molar-refractivity contribution in [3.05, 3.63) is 52.6 Å². The number of likely N-dealkylation sites (N-methyl/N-ethyl adjacent to an activating group) is 1. The minimum Gasteiger partial charge on any atom is -0.465 e. The number of carbonyl (C=O) groups is 3. The van der Waals surface area contributed by atoms with Crippen LogP contribution in [0.4, 0.5) is 10.1 Å². The summed E-state index contributed by atoms with van der Waals surface area (Å²) in [5.74, 6) is -1.50. The molecule has 7 nitrogen and oxygen atoms in total. The molecule has 3 N–H and O–H groups in total. The average Bonchev–Trinajstić information content (AvgIpc) is 2.93. The van der Waals surface area contributed by atoms with Gasteiger partial charge in [-0.3, -0.25) is 9.59 Å². The molecule has 28 heavy (non-hydrogen) atoms. The van der Waals surface area contributed by atoms with E-state index in [0.717, 1.165) is 0 Å². The fourth-order valence-corrected chi connectivity index (χ4v) is 3.02. The van der Waals surface area contributed by atoms with Crippen LogP contribution in [0.5, 0.6) is 0 Å². The summed E-state index contributed by atoms with van der Waals surface area (Å²) in [6, 6.07) is 5.06. The number of aryl methyl sites for hydroxylation is 1. The fourth-order valence-electron chi connectivity index (χ4n) is 3.02. The van der Waals surface area contributed by atoms with Crippen molar-refractivity contribution in [2.75, 3.05) is 26.0 Å². The summed E-state index contributed by atoms with van der Waals surface area (Å²) >= 11 is 0. The number of quaternary nitrogens is 1. The Morgan fingerprint density at radius 2 is 1.96 bits per heavy atom. The van der Waals surface area contributed by atoms with Gasteiger partial charge in [-0.1, -0.05) is 6.07 Å². The van der Waals surface area contributed by atoms with Crippen LogP contribution in [0.1, 0.15) is 39.0 Å². The maximum absolute atomic E-state index is 13.2. The highest BCUT2D eigenvalue weighted by molar-refractivity contribution is 6.03. The highest BCUT2D eigenvalue weighted by atomic mass is 19.1. The Balaban J connectivity index is 2.08. The number of hydrogen-bond donors (Lipinski definition) is 3. The zero-order valence-electron chi connectivity index (χ0n) is 16.6. The number of benzene rings is 1. The molecule has 8 heteroatoms. The van der Waals surface area contributed by atoms with Crippen molar-refractivity contribution in [1.82, 2.24) is 4.98 Å². The van der Waals surface area contributed by atoms with Gasteiger partial charge in [-0.15, -0.1) is 0 Å². The standard InChI is InChI=1S/C20H24FN3O4/c1-11-17(20(27)28-5)12(2)22-18(11)19(26)13(3)24(4)10-16(25)23-15-8-6-7-14(21)9-15/h6-9,13,22H,10H2,1-5H3,(H,23,25)/p+1/t13-/m0/s1. The SMILES string of the molecule is COC(=O)c1c(C)[nH]c(C(=O)[C@H](C)[NH+](C)CC(=O)Nc2cccc(F)c2)c1C. The van der Waals surface area contributed by atoms with Gasteiger partial charge in [0.1, 0.15) is 5.82 Å². The average molecular weight is 390 g/mol. The Morgan fingerprint density at radius 3 is 2.57 bits per heavy atom. The van der Waals surface area contributed by atoms with Crippen LogP contribution in [0.15, 0.2) is 24.3 Å². The summed E-state index contributed by atoms with van der Waals surface area (Å²) in [6.07, 6.45) is 0. The second-order valence-electron chi connectivity index (χ2n) is 6.78. The largest absolute Gasteiger partial charge is 0.465 e. The highest BCUT2D eigenvalue weighted by Crippen LogP contribution is 2.19. The van der Waals surface area contributed by atoms with E-state index in [2.05, 4.69) is 10.3 Å². The van der Waals surface area contributed by atoms with Gasteiger partial charge in [-0.05, 0) is 44.5 Å². The Hall–Kier alpha value is -3.00. The number of rotatable bonds is 7. The molecule has 1 aromatic carbocycles. The van der Waals surface area contributed by atoms with Gasteiger partial charge in [0.2, 0.25) is 5.78 Å². The quantitative estimate of drug-likeness (QED) is 0.491. The Kier molecular flexibility index (Phi) is 6.69. The van der Waals surface area contributed by atoms with Crippen molar-refractivity contribution in [2.24, 2.45) is 0 Å². The van der Waals surface area contributed by atoms with Crippen LogP contribution >= 0.6 is 0 Å². The van der Waals surface area contributed by atoms with Crippen molar-refractivity contribution >= 4 is 23.3 Å². The van der Waals surface area contributed by atoms with E-state index in [-0.39, 0.29) is 18.2 Å². The highest BCUT2D eigenvalue weighted by Gasteiger charge is 2.30. The molecule has 0 bridgehead atoms. The first kappa shape index (κ1) is 21.3. The van der Waals surface area contributed by atoms with Crippen LogP contribution in [0, 0.1) is 19.7 Å². The molecule has 0 aliphatic heterocycles. The van der Waals surface area contributed by atoms with E-state index in [9.17, 15) is 18.8 Å². The van der Waals surface area contributed by atoms with E-state index in [1.165, 1.54) is 25.3 Å². The molecule has 2 atom stereocenters. The van der Waals surface area contributed by atoms with Crippen molar-refractivity contribution in [2.45, 2.75) is 26.8 Å². The second kappa shape index (κ2) is 8.79. The molecule has 0 radical (unpaired) electrons. The molecule has 0 fully saturated rings. The minimum absolute atomic E-state index is 0.0199. The maximum Gasteiger partial charge on any atom is 0.339 e. The van der Waals surface area contributed by atoms with Crippen LogP contribution in [0.25, 0.3) is 0 Å². The Bertz CT molecular complexity index is 907. The lowest BCUT2D eigenvalue weighted by Crippen LogP contribution is -3.14. The monoisotopic (exact) mass is 390 g/mol. The van der Waals surface area contributed by atoms with Crippen molar-refractivity contribution in [1.29, 1.82) is 0 Å². The number of esters is 1. The molecular formula is C20H25FN3O4+. The third-order valence-electron chi connectivity index (χ3n) is 4.75. The lowest BCUT2D eigenvalue weighted by molar-refractivity contribution is -0.885. The van der Waals surface area contributed by atoms with E-state index in [0.29, 0.717) is 33.1 Å². The van der Waals surface area contributed by atoms with Crippen molar-refractivity contribution in [3.63, 3.8) is 0 Å². The summed E-state index contributed by atoms with van der Waals surface area (Å²) in [7, 11) is 3.01. The third kappa shape index (κ3) is 4.64. The zero-order valence-corrected chi connectivity index (χ0v) is 16.6. The minimum atomic E-state index is -0.541. The molecule has 0 saturated heterocycles. The number of nitrogens with one attached hydrogen (secondary N) is 3. The first-order valence-electron chi connectivity index (χ1n) is 8.85. The number of aromatic nitrogens is 1. The van der Waals surface area contributed by atoms with Crippen LogP contribution < -0.4 is 10.2 Å². The predicted molar refractivity (Wildman–Crippen MR) is 102 cm³/mol. The lowest BCUT2D eigenvalue weighted by Gasteiger charge is -2.20. The molecule has 1 unspecified atom stereocenters. The number of H-pyrrole nitrogens is 1. The number of halogens is 1. The van der Waals surface area contributed by atoms with Gasteiger partial charge in [0.15, 0.2) is 12.6 Å². The zero-order chi connectivity index (χ0) is 21.0.